The summed E-state index contributed by atoms with van der Waals surface area (Å²) in [5, 5.41) is 0.417. The van der Waals surface area contributed by atoms with Crippen LogP contribution in [0.1, 0.15) is 11.1 Å². The fraction of sp³-hybridized carbons (Fsp3) is 0.143. The monoisotopic (exact) mass is 542 g/mol. The van der Waals surface area contributed by atoms with Crippen LogP contribution in [0.3, 0.4) is 0 Å². The molecule has 3 aromatic rings. The number of aryl methyl sites for hydroxylation is 2. The molecule has 3 aromatic carbocycles. The fourth-order valence-electron chi connectivity index (χ4n) is 3.07. The highest BCUT2D eigenvalue weighted by molar-refractivity contribution is 9.10. The zero-order chi connectivity index (χ0) is 23.0. The Morgan fingerprint density at radius 2 is 1.45 bits per heavy atom. The van der Waals surface area contributed by atoms with Gasteiger partial charge in [0.05, 0.1) is 15.5 Å². The lowest BCUT2D eigenvalue weighted by molar-refractivity contribution is 0.593. The highest BCUT2D eigenvalue weighted by atomic mass is 79.9. The highest BCUT2D eigenvalue weighted by Crippen LogP contribution is 2.31. The van der Waals surface area contributed by atoms with Gasteiger partial charge in [-0.05, 0) is 79.6 Å². The van der Waals surface area contributed by atoms with Crippen molar-refractivity contribution in [3.05, 3.63) is 81.3 Å². The van der Waals surface area contributed by atoms with Crippen LogP contribution in [-0.4, -0.2) is 23.9 Å². The maximum Gasteiger partial charge on any atom is 0.264 e. The Bertz CT molecular complexity index is 1330. The minimum Gasteiger partial charge on any atom is -0.280 e. The number of sulfonamides is 2. The molecule has 0 amide bonds. The predicted molar refractivity (Wildman–Crippen MR) is 128 cm³/mol. The summed E-state index contributed by atoms with van der Waals surface area (Å²) in [4.78, 5) is 0.0472. The average Bonchev–Trinajstić information content (AvgIpc) is 2.69. The molecule has 0 radical (unpaired) electrons. The molecule has 0 atom stereocenters. The summed E-state index contributed by atoms with van der Waals surface area (Å²) < 4.78 is 56.7. The molecule has 10 heteroatoms. The highest BCUT2D eigenvalue weighted by Gasteiger charge is 2.26. The first-order chi connectivity index (χ1) is 14.4. The van der Waals surface area contributed by atoms with Crippen molar-refractivity contribution in [2.24, 2.45) is 0 Å². The van der Waals surface area contributed by atoms with Crippen LogP contribution < -0.4 is 9.03 Å². The number of hydrogen-bond acceptors (Lipinski definition) is 4. The number of hydrogen-bond donors (Lipinski definition) is 1. The first-order valence-electron chi connectivity index (χ1n) is 9.06. The molecule has 0 fully saturated rings. The van der Waals surface area contributed by atoms with Gasteiger partial charge in [0.2, 0.25) is 0 Å². The second-order valence-electron chi connectivity index (χ2n) is 6.94. The quantitative estimate of drug-likeness (QED) is 0.455. The molecule has 1 N–H and O–H groups in total. The second kappa shape index (κ2) is 8.82. The lowest BCUT2D eigenvalue weighted by Gasteiger charge is -2.23. The Labute approximate surface area is 196 Å². The maximum absolute atomic E-state index is 13.1. The summed E-state index contributed by atoms with van der Waals surface area (Å²) in [6.07, 6.45) is 0. The molecule has 6 nitrogen and oxygen atoms in total. The SMILES string of the molecule is Cc1cc(C)c(S(=O)(=O)Nc2ccc(Br)cc2)cc1N(C)S(=O)(=O)c1ccc(Cl)cc1. The Hall–Kier alpha value is -2.07. The molecule has 3 rings (SSSR count). The van der Waals surface area contributed by atoms with E-state index in [4.69, 9.17) is 11.6 Å². The van der Waals surface area contributed by atoms with Crippen molar-refractivity contribution in [1.29, 1.82) is 0 Å². The van der Waals surface area contributed by atoms with E-state index in [1.807, 2.05) is 0 Å². The van der Waals surface area contributed by atoms with E-state index in [-0.39, 0.29) is 15.5 Å². The van der Waals surface area contributed by atoms with Gasteiger partial charge in [0, 0.05) is 22.2 Å². The van der Waals surface area contributed by atoms with Gasteiger partial charge in [-0.2, -0.15) is 0 Å². The predicted octanol–water partition coefficient (Wildman–Crippen LogP) is 5.35. The molecule has 0 bridgehead atoms. The lowest BCUT2D eigenvalue weighted by Crippen LogP contribution is -2.27. The molecule has 0 unspecified atom stereocenters. The molecule has 31 heavy (non-hydrogen) atoms. The van der Waals surface area contributed by atoms with Crippen LogP contribution in [0, 0.1) is 13.8 Å². The first kappa shape index (κ1) is 23.6. The van der Waals surface area contributed by atoms with Crippen molar-refractivity contribution < 1.29 is 16.8 Å². The molecule has 0 saturated heterocycles. The third-order valence-electron chi connectivity index (χ3n) is 4.69. The summed E-state index contributed by atoms with van der Waals surface area (Å²) in [5.41, 5.74) is 1.78. The minimum absolute atomic E-state index is 0.00539. The third kappa shape index (κ3) is 5.06. The summed E-state index contributed by atoms with van der Waals surface area (Å²) in [6, 6.07) is 15.5. The normalized spacial score (nSPS) is 11.9. The Balaban J connectivity index is 2.04. The minimum atomic E-state index is -3.95. The standard InChI is InChI=1S/C21H20BrClN2O4S2/c1-14-12-15(2)21(30(26,27)24-18-8-4-16(22)5-9-18)13-20(14)25(3)31(28,29)19-10-6-17(23)7-11-19/h4-13,24H,1-3H3. The summed E-state index contributed by atoms with van der Waals surface area (Å²) in [7, 11) is -6.48. The van der Waals surface area contributed by atoms with Crippen molar-refractivity contribution in [3.8, 4) is 0 Å². The van der Waals surface area contributed by atoms with E-state index >= 15 is 0 Å². The van der Waals surface area contributed by atoms with Gasteiger partial charge < -0.3 is 0 Å². The lowest BCUT2D eigenvalue weighted by atomic mass is 10.1. The smallest absolute Gasteiger partial charge is 0.264 e. The van der Waals surface area contributed by atoms with Gasteiger partial charge in [-0.25, -0.2) is 16.8 Å². The van der Waals surface area contributed by atoms with Crippen molar-refractivity contribution in [2.75, 3.05) is 16.1 Å². The maximum atomic E-state index is 13.1. The molecule has 0 aliphatic heterocycles. The van der Waals surface area contributed by atoms with Crippen LogP contribution in [0.15, 0.2) is 74.9 Å². The largest absolute Gasteiger partial charge is 0.280 e. The van der Waals surface area contributed by atoms with Crippen molar-refractivity contribution in [2.45, 2.75) is 23.6 Å². The van der Waals surface area contributed by atoms with E-state index in [1.54, 1.807) is 44.2 Å². The molecule has 0 spiro atoms. The Morgan fingerprint density at radius 3 is 2.03 bits per heavy atom. The van der Waals surface area contributed by atoms with Crippen molar-refractivity contribution in [3.63, 3.8) is 0 Å². The van der Waals surface area contributed by atoms with Gasteiger partial charge in [-0.3, -0.25) is 9.03 Å². The summed E-state index contributed by atoms with van der Waals surface area (Å²) in [6.45, 7) is 3.40. The van der Waals surface area contributed by atoms with Gasteiger partial charge >= 0.3 is 0 Å². The molecular formula is C21H20BrClN2O4S2. The number of benzene rings is 3. The molecule has 164 valence electrons. The summed E-state index contributed by atoms with van der Waals surface area (Å²) >= 11 is 9.17. The van der Waals surface area contributed by atoms with Crippen LogP contribution >= 0.6 is 27.5 Å². The first-order valence-corrected chi connectivity index (χ1v) is 13.2. The summed E-state index contributed by atoms with van der Waals surface area (Å²) in [5.74, 6) is 0. The van der Waals surface area contributed by atoms with Gasteiger partial charge in [0.1, 0.15) is 0 Å². The van der Waals surface area contributed by atoms with E-state index in [0.29, 0.717) is 21.8 Å². The Morgan fingerprint density at radius 1 is 0.871 bits per heavy atom. The second-order valence-corrected chi connectivity index (χ2v) is 11.9. The number of nitrogens with zero attached hydrogens (tertiary/aromatic N) is 1. The molecule has 0 aliphatic rings. The van der Waals surface area contributed by atoms with E-state index in [0.717, 1.165) is 8.78 Å². The average molecular weight is 544 g/mol. The number of halogens is 2. The van der Waals surface area contributed by atoms with Crippen molar-refractivity contribution in [1.82, 2.24) is 0 Å². The van der Waals surface area contributed by atoms with E-state index < -0.39 is 20.0 Å². The van der Waals surface area contributed by atoms with E-state index in [1.165, 1.54) is 37.4 Å². The van der Waals surface area contributed by atoms with Crippen LogP contribution in [0.2, 0.25) is 5.02 Å². The zero-order valence-corrected chi connectivity index (χ0v) is 20.9. The topological polar surface area (TPSA) is 83.6 Å². The number of nitrogens with one attached hydrogen (secondary N) is 1. The van der Waals surface area contributed by atoms with Crippen molar-refractivity contribution >= 4 is 59.0 Å². The number of anilines is 2. The van der Waals surface area contributed by atoms with Gasteiger partial charge in [-0.15, -0.1) is 0 Å². The molecular weight excluding hydrogens is 524 g/mol. The van der Waals surface area contributed by atoms with Gasteiger partial charge in [0.15, 0.2) is 0 Å². The van der Waals surface area contributed by atoms with Gasteiger partial charge in [0.25, 0.3) is 20.0 Å². The van der Waals surface area contributed by atoms with Crippen LogP contribution in [0.5, 0.6) is 0 Å². The van der Waals surface area contributed by atoms with Gasteiger partial charge in [-0.1, -0.05) is 33.6 Å². The van der Waals surface area contributed by atoms with E-state index in [2.05, 4.69) is 20.7 Å². The van der Waals surface area contributed by atoms with E-state index in [9.17, 15) is 16.8 Å². The molecule has 0 saturated carbocycles. The zero-order valence-electron chi connectivity index (χ0n) is 16.9. The van der Waals surface area contributed by atoms with Crippen LogP contribution in [-0.2, 0) is 20.0 Å². The third-order valence-corrected chi connectivity index (χ3v) is 8.78. The van der Waals surface area contributed by atoms with Crippen LogP contribution in [0.4, 0.5) is 11.4 Å². The number of rotatable bonds is 6. The van der Waals surface area contributed by atoms with Crippen LogP contribution in [0.25, 0.3) is 0 Å². The Kier molecular flexibility index (Phi) is 6.71. The molecule has 0 aliphatic carbocycles. The molecule has 0 heterocycles. The molecule has 0 aromatic heterocycles. The fourth-order valence-corrected chi connectivity index (χ4v) is 6.02.